The molecule has 1 aromatic carbocycles. The first-order valence-electron chi connectivity index (χ1n) is 14.1. The lowest BCUT2D eigenvalue weighted by molar-refractivity contribution is -0.143. The fourth-order valence-electron chi connectivity index (χ4n) is 4.73. The number of ketones is 1. The number of carbonyl (C=O) groups excluding carboxylic acids is 1. The standard InChI is InChI=1S/C33H35F6N3O2/c1-6-10-28(41-31(21(5)7-2)33(37,38)39)24-11-12-42-29(20-40-30(42)18-24)25-13-23(16-27(17-25)44-9-4)15-26(43)14-22(8-3)19-32(34,35)36/h6,8,10-13,16-18,20-22H,1,3,7,9,14-15,19H2,2,4-5H3. The predicted octanol–water partition coefficient (Wildman–Crippen LogP) is 9.23. The van der Waals surface area contributed by atoms with Gasteiger partial charge in [-0.2, -0.15) is 26.3 Å². The Morgan fingerprint density at radius 2 is 1.84 bits per heavy atom. The third-order valence-corrected chi connectivity index (χ3v) is 6.99. The SMILES string of the molecule is C=CC=C(N=C(C(C)CC)C(F)(F)F)c1ccn2c(-c3cc(CC(=O)CC(C=C)CC(F)(F)F)cc(OCC)c3)cnc2c1. The van der Waals surface area contributed by atoms with Crippen LogP contribution in [0, 0.1) is 11.8 Å². The maximum atomic E-state index is 13.8. The summed E-state index contributed by atoms with van der Waals surface area (Å²) >= 11 is 0. The smallest absolute Gasteiger partial charge is 0.429 e. The number of alkyl halides is 6. The Morgan fingerprint density at radius 1 is 1.11 bits per heavy atom. The zero-order valence-corrected chi connectivity index (χ0v) is 24.8. The highest BCUT2D eigenvalue weighted by molar-refractivity contribution is 5.96. The molecule has 0 fully saturated rings. The fraction of sp³-hybridized carbons (Fsp3) is 0.364. The van der Waals surface area contributed by atoms with Gasteiger partial charge in [0.2, 0.25) is 0 Å². The summed E-state index contributed by atoms with van der Waals surface area (Å²) in [6.07, 6.45) is -3.13. The van der Waals surface area contributed by atoms with E-state index in [1.54, 1.807) is 61.0 Å². The number of pyridine rings is 1. The number of ether oxygens (including phenoxy) is 1. The Balaban J connectivity index is 1.99. The van der Waals surface area contributed by atoms with E-state index in [2.05, 4.69) is 23.1 Å². The van der Waals surface area contributed by atoms with Crippen LogP contribution in [0.25, 0.3) is 22.6 Å². The van der Waals surface area contributed by atoms with E-state index in [0.29, 0.717) is 40.4 Å². The van der Waals surface area contributed by atoms with Gasteiger partial charge in [0.25, 0.3) is 0 Å². The van der Waals surface area contributed by atoms with Crippen molar-refractivity contribution in [1.82, 2.24) is 9.38 Å². The molecule has 3 rings (SSSR count). The van der Waals surface area contributed by atoms with Crippen LogP contribution in [0.3, 0.4) is 0 Å². The highest BCUT2D eigenvalue weighted by Gasteiger charge is 2.38. The van der Waals surface area contributed by atoms with Crippen LogP contribution < -0.4 is 4.74 Å². The van der Waals surface area contributed by atoms with E-state index in [4.69, 9.17) is 4.74 Å². The van der Waals surface area contributed by atoms with Crippen LogP contribution >= 0.6 is 0 Å². The van der Waals surface area contributed by atoms with Gasteiger partial charge in [-0.25, -0.2) is 9.98 Å². The van der Waals surface area contributed by atoms with E-state index in [1.807, 2.05) is 0 Å². The minimum Gasteiger partial charge on any atom is -0.494 e. The normalized spacial score (nSPS) is 14.4. The molecule has 0 N–H and O–H groups in total. The Hall–Kier alpha value is -4.15. The number of allylic oxidation sites excluding steroid dienone is 3. The van der Waals surface area contributed by atoms with E-state index < -0.39 is 36.3 Å². The van der Waals surface area contributed by atoms with E-state index in [9.17, 15) is 31.1 Å². The van der Waals surface area contributed by atoms with Crippen molar-refractivity contribution in [2.75, 3.05) is 6.61 Å². The number of hydrogen-bond acceptors (Lipinski definition) is 4. The van der Waals surface area contributed by atoms with Crippen molar-refractivity contribution in [1.29, 1.82) is 0 Å². The van der Waals surface area contributed by atoms with Gasteiger partial charge in [-0.15, -0.1) is 6.58 Å². The average Bonchev–Trinajstić information content (AvgIpc) is 3.36. The van der Waals surface area contributed by atoms with E-state index in [0.717, 1.165) is 6.08 Å². The lowest BCUT2D eigenvalue weighted by atomic mass is 9.94. The van der Waals surface area contributed by atoms with E-state index >= 15 is 0 Å². The molecule has 11 heteroatoms. The zero-order chi connectivity index (χ0) is 32.7. The first-order valence-corrected chi connectivity index (χ1v) is 14.1. The summed E-state index contributed by atoms with van der Waals surface area (Å²) in [7, 11) is 0. The van der Waals surface area contributed by atoms with Gasteiger partial charge in [-0.05, 0) is 61.2 Å². The second kappa shape index (κ2) is 14.5. The molecule has 0 aliphatic heterocycles. The summed E-state index contributed by atoms with van der Waals surface area (Å²) in [6, 6.07) is 8.38. The maximum absolute atomic E-state index is 13.8. The van der Waals surface area contributed by atoms with Crippen LogP contribution in [0.1, 0.15) is 51.2 Å². The number of aliphatic imine (C=N–C) groups is 1. The number of benzene rings is 1. The van der Waals surface area contributed by atoms with Crippen molar-refractivity contribution < 1.29 is 35.9 Å². The van der Waals surface area contributed by atoms with Crippen molar-refractivity contribution in [2.24, 2.45) is 16.8 Å². The minimum atomic E-state index is -4.60. The molecule has 2 heterocycles. The second-order valence-electron chi connectivity index (χ2n) is 10.4. The number of carbonyl (C=O) groups is 1. The minimum absolute atomic E-state index is 0.0853. The first kappa shape index (κ1) is 34.3. The molecule has 3 aromatic rings. The largest absolute Gasteiger partial charge is 0.494 e. The number of hydrogen-bond donors (Lipinski definition) is 0. The molecule has 0 spiro atoms. The number of Topliss-reactive ketones (excluding diaryl/α,β-unsaturated/α-hetero) is 1. The summed E-state index contributed by atoms with van der Waals surface area (Å²) in [6.45, 7) is 12.3. The second-order valence-corrected chi connectivity index (χ2v) is 10.4. The molecule has 236 valence electrons. The van der Waals surface area contributed by atoms with Gasteiger partial charge in [-0.3, -0.25) is 9.20 Å². The van der Waals surface area contributed by atoms with Gasteiger partial charge in [0.05, 0.1) is 30.6 Å². The van der Waals surface area contributed by atoms with Crippen molar-refractivity contribution >= 4 is 22.8 Å². The lowest BCUT2D eigenvalue weighted by Crippen LogP contribution is -2.29. The molecular formula is C33H35F6N3O2. The number of imidazole rings is 1. The number of rotatable bonds is 14. The van der Waals surface area contributed by atoms with Gasteiger partial charge in [0.15, 0.2) is 0 Å². The van der Waals surface area contributed by atoms with E-state index in [-0.39, 0.29) is 30.7 Å². The Labute approximate surface area is 252 Å². The number of nitrogens with zero attached hydrogens (tertiary/aromatic N) is 3. The Morgan fingerprint density at radius 3 is 2.43 bits per heavy atom. The number of fused-ring (bicyclic) bond motifs is 1. The molecule has 44 heavy (non-hydrogen) atoms. The monoisotopic (exact) mass is 619 g/mol. The van der Waals surface area contributed by atoms with Crippen LogP contribution in [-0.2, 0) is 11.2 Å². The number of aromatic nitrogens is 2. The van der Waals surface area contributed by atoms with Crippen molar-refractivity contribution in [2.45, 2.75) is 58.8 Å². The summed E-state index contributed by atoms with van der Waals surface area (Å²) in [5, 5.41) is 0. The van der Waals surface area contributed by atoms with E-state index in [1.165, 1.54) is 19.1 Å². The maximum Gasteiger partial charge on any atom is 0.429 e. The Bertz CT molecular complexity index is 1550. The molecule has 0 aliphatic rings. The van der Waals surface area contributed by atoms with Crippen LogP contribution in [0.2, 0.25) is 0 Å². The van der Waals surface area contributed by atoms with Crippen LogP contribution in [0.15, 0.2) is 79.1 Å². The molecule has 0 bridgehead atoms. The molecule has 2 unspecified atom stereocenters. The molecule has 0 radical (unpaired) electrons. The third-order valence-electron chi connectivity index (χ3n) is 6.99. The first-order chi connectivity index (χ1) is 20.7. The lowest BCUT2D eigenvalue weighted by Gasteiger charge is -2.17. The Kier molecular flexibility index (Phi) is 11.4. The van der Waals surface area contributed by atoms with Crippen molar-refractivity contribution in [3.05, 3.63) is 85.2 Å². The molecule has 2 aromatic heterocycles. The van der Waals surface area contributed by atoms with Gasteiger partial charge >= 0.3 is 12.4 Å². The highest BCUT2D eigenvalue weighted by Crippen LogP contribution is 2.32. The quantitative estimate of drug-likeness (QED) is 0.0783. The van der Waals surface area contributed by atoms with Gasteiger partial charge in [0, 0.05) is 36.1 Å². The van der Waals surface area contributed by atoms with Gasteiger partial charge in [-0.1, -0.05) is 32.6 Å². The van der Waals surface area contributed by atoms with Gasteiger partial charge in [0.1, 0.15) is 22.9 Å². The van der Waals surface area contributed by atoms with Crippen LogP contribution in [0.4, 0.5) is 26.3 Å². The predicted molar refractivity (Wildman–Crippen MR) is 161 cm³/mol. The summed E-state index contributed by atoms with van der Waals surface area (Å²) in [5.74, 6) is -1.74. The molecule has 0 saturated heterocycles. The highest BCUT2D eigenvalue weighted by atomic mass is 19.4. The van der Waals surface area contributed by atoms with Crippen molar-refractivity contribution in [3.8, 4) is 17.0 Å². The summed E-state index contributed by atoms with van der Waals surface area (Å²) in [5.41, 5.74) is 1.82. The molecule has 2 atom stereocenters. The molecule has 0 aliphatic carbocycles. The van der Waals surface area contributed by atoms with Gasteiger partial charge < -0.3 is 4.74 Å². The molecule has 5 nitrogen and oxygen atoms in total. The molecule has 0 saturated carbocycles. The summed E-state index contributed by atoms with van der Waals surface area (Å²) < 4.78 is 87.3. The van der Waals surface area contributed by atoms with Crippen LogP contribution in [-0.4, -0.2) is 39.8 Å². The van der Waals surface area contributed by atoms with Crippen LogP contribution in [0.5, 0.6) is 5.75 Å². The fourth-order valence-corrected chi connectivity index (χ4v) is 4.73. The molecular weight excluding hydrogens is 584 g/mol. The third kappa shape index (κ3) is 9.17. The summed E-state index contributed by atoms with van der Waals surface area (Å²) in [4.78, 5) is 21.2. The molecule has 0 amide bonds. The average molecular weight is 620 g/mol. The number of halogens is 6. The zero-order valence-electron chi connectivity index (χ0n) is 24.8. The van der Waals surface area contributed by atoms with Crippen molar-refractivity contribution in [3.63, 3.8) is 0 Å². The topological polar surface area (TPSA) is 56.0 Å².